The first-order valence-electron chi connectivity index (χ1n) is 8.82. The lowest BCUT2D eigenvalue weighted by Crippen LogP contribution is -2.15. The smallest absolute Gasteiger partial charge is 0.261 e. The first-order valence-corrected chi connectivity index (χ1v) is 12.3. The molecule has 9 heteroatoms. The van der Waals surface area contributed by atoms with E-state index in [1.165, 1.54) is 60.3 Å². The molecule has 0 saturated heterocycles. The topological polar surface area (TPSA) is 75.3 Å². The van der Waals surface area contributed by atoms with Gasteiger partial charge in [-0.25, -0.2) is 12.8 Å². The molecule has 0 atom stereocenters. The Bertz CT molecular complexity index is 1100. The van der Waals surface area contributed by atoms with Gasteiger partial charge in [-0.1, -0.05) is 28.1 Å². The van der Waals surface area contributed by atoms with Crippen molar-refractivity contribution in [2.45, 2.75) is 10.6 Å². The van der Waals surface area contributed by atoms with Crippen LogP contribution >= 0.6 is 27.7 Å². The highest BCUT2D eigenvalue weighted by molar-refractivity contribution is 9.10. The molecule has 3 aromatic carbocycles. The number of carbonyl (C=O) groups excluding carboxylic acids is 1. The van der Waals surface area contributed by atoms with Crippen molar-refractivity contribution in [1.82, 2.24) is 0 Å². The predicted octanol–water partition coefficient (Wildman–Crippen LogP) is 5.26. The lowest BCUT2D eigenvalue weighted by atomic mass is 10.2. The van der Waals surface area contributed by atoms with E-state index in [1.54, 1.807) is 0 Å². The highest BCUT2D eigenvalue weighted by Gasteiger charge is 2.14. The monoisotopic (exact) mass is 508 g/mol. The van der Waals surface area contributed by atoms with Crippen LogP contribution in [0.2, 0.25) is 0 Å². The first-order chi connectivity index (χ1) is 14.3. The number of benzene rings is 3. The second-order valence-electron chi connectivity index (χ2n) is 6.30. The lowest BCUT2D eigenvalue weighted by Gasteiger charge is -2.09. The molecule has 30 heavy (non-hydrogen) atoms. The molecule has 0 spiro atoms. The van der Waals surface area contributed by atoms with Gasteiger partial charge in [0.15, 0.2) is 0 Å². The number of rotatable bonds is 8. The number of anilines is 2. The Kier molecular flexibility index (Phi) is 7.52. The van der Waals surface area contributed by atoms with Crippen molar-refractivity contribution < 1.29 is 17.6 Å². The molecule has 0 aliphatic heterocycles. The van der Waals surface area contributed by atoms with Gasteiger partial charge in [0.25, 0.3) is 10.0 Å². The van der Waals surface area contributed by atoms with Crippen molar-refractivity contribution in [1.29, 1.82) is 0 Å². The minimum Gasteiger partial charge on any atom is -0.325 e. The summed E-state index contributed by atoms with van der Waals surface area (Å²) in [4.78, 5) is 12.1. The Hall–Kier alpha value is -2.36. The summed E-state index contributed by atoms with van der Waals surface area (Å²) in [6.07, 6.45) is 0. The summed E-state index contributed by atoms with van der Waals surface area (Å²) in [5.74, 6) is 0.375. The summed E-state index contributed by atoms with van der Waals surface area (Å²) in [6.45, 7) is 0. The zero-order valence-electron chi connectivity index (χ0n) is 15.6. The summed E-state index contributed by atoms with van der Waals surface area (Å²) in [6, 6.07) is 18.8. The van der Waals surface area contributed by atoms with E-state index in [-0.39, 0.29) is 22.2 Å². The minimum absolute atomic E-state index is 0.0365. The van der Waals surface area contributed by atoms with Crippen LogP contribution in [0, 0.1) is 5.82 Å². The molecule has 1 amide bonds. The third-order valence-electron chi connectivity index (χ3n) is 3.96. The maximum atomic E-state index is 13.0. The second-order valence-corrected chi connectivity index (χ2v) is 9.89. The van der Waals surface area contributed by atoms with E-state index in [0.29, 0.717) is 11.4 Å². The fourth-order valence-corrected chi connectivity index (χ4v) is 4.60. The van der Waals surface area contributed by atoms with E-state index in [1.807, 2.05) is 24.3 Å². The van der Waals surface area contributed by atoms with Gasteiger partial charge in [0.1, 0.15) is 5.82 Å². The molecule has 0 heterocycles. The van der Waals surface area contributed by atoms with Crippen molar-refractivity contribution in [2.24, 2.45) is 0 Å². The standard InChI is InChI=1S/C21H18BrFN2O3S2/c22-16-3-1-15(2-4-16)13-29-14-21(26)24-18-9-11-20(12-10-18)30(27,28)25-19-7-5-17(23)6-8-19/h1-12,25H,13-14H2,(H,24,26). The molecule has 0 bridgehead atoms. The van der Waals surface area contributed by atoms with Gasteiger partial charge in [-0.15, -0.1) is 11.8 Å². The molecule has 0 aliphatic carbocycles. The average molecular weight is 509 g/mol. The van der Waals surface area contributed by atoms with Gasteiger partial charge in [-0.2, -0.15) is 0 Å². The molecule has 0 aliphatic rings. The number of halogens is 2. The zero-order chi connectivity index (χ0) is 21.6. The number of amides is 1. The van der Waals surface area contributed by atoms with Crippen LogP contribution in [0.3, 0.4) is 0 Å². The Morgan fingerprint density at radius 2 is 1.50 bits per heavy atom. The third kappa shape index (κ3) is 6.58. The number of nitrogens with one attached hydrogen (secondary N) is 2. The van der Waals surface area contributed by atoms with Crippen LogP contribution in [-0.2, 0) is 20.6 Å². The van der Waals surface area contributed by atoms with E-state index in [4.69, 9.17) is 0 Å². The summed E-state index contributed by atoms with van der Waals surface area (Å²) in [7, 11) is -3.81. The van der Waals surface area contributed by atoms with Crippen LogP contribution in [-0.4, -0.2) is 20.1 Å². The van der Waals surface area contributed by atoms with E-state index in [2.05, 4.69) is 26.0 Å². The maximum Gasteiger partial charge on any atom is 0.261 e. The lowest BCUT2D eigenvalue weighted by molar-refractivity contribution is -0.113. The highest BCUT2D eigenvalue weighted by atomic mass is 79.9. The second kappa shape index (κ2) is 10.1. The fraction of sp³-hybridized carbons (Fsp3) is 0.0952. The maximum absolute atomic E-state index is 13.0. The normalized spacial score (nSPS) is 11.1. The number of hydrogen-bond acceptors (Lipinski definition) is 4. The van der Waals surface area contributed by atoms with Gasteiger partial charge in [0.05, 0.1) is 10.6 Å². The molecule has 2 N–H and O–H groups in total. The molecule has 3 aromatic rings. The van der Waals surface area contributed by atoms with E-state index < -0.39 is 15.8 Å². The number of hydrogen-bond donors (Lipinski definition) is 2. The molecular weight excluding hydrogens is 491 g/mol. The van der Waals surface area contributed by atoms with Crippen LogP contribution in [0.5, 0.6) is 0 Å². The van der Waals surface area contributed by atoms with Crippen LogP contribution in [0.1, 0.15) is 5.56 Å². The van der Waals surface area contributed by atoms with E-state index in [9.17, 15) is 17.6 Å². The molecule has 156 valence electrons. The molecule has 0 saturated carbocycles. The molecule has 0 unspecified atom stereocenters. The van der Waals surface area contributed by atoms with Crippen LogP contribution in [0.25, 0.3) is 0 Å². The Morgan fingerprint density at radius 3 is 2.13 bits per heavy atom. The largest absolute Gasteiger partial charge is 0.325 e. The molecule has 0 aromatic heterocycles. The third-order valence-corrected chi connectivity index (χ3v) is 6.89. The predicted molar refractivity (Wildman–Crippen MR) is 123 cm³/mol. The summed E-state index contributed by atoms with van der Waals surface area (Å²) in [5, 5.41) is 2.75. The Morgan fingerprint density at radius 1 is 0.900 bits per heavy atom. The fourth-order valence-electron chi connectivity index (χ4n) is 2.49. The van der Waals surface area contributed by atoms with Gasteiger partial charge in [0, 0.05) is 21.6 Å². The van der Waals surface area contributed by atoms with E-state index in [0.717, 1.165) is 10.0 Å². The zero-order valence-corrected chi connectivity index (χ0v) is 18.9. The molecule has 5 nitrogen and oxygen atoms in total. The SMILES string of the molecule is O=C(CSCc1ccc(Br)cc1)Nc1ccc(S(=O)(=O)Nc2ccc(F)cc2)cc1. The van der Waals surface area contributed by atoms with Gasteiger partial charge in [-0.05, 0) is 66.2 Å². The summed E-state index contributed by atoms with van der Waals surface area (Å²) in [5.41, 5.74) is 1.89. The molecule has 0 radical (unpaired) electrons. The summed E-state index contributed by atoms with van der Waals surface area (Å²) >= 11 is 4.87. The molecule has 0 fully saturated rings. The van der Waals surface area contributed by atoms with Gasteiger partial charge in [0.2, 0.25) is 5.91 Å². The van der Waals surface area contributed by atoms with Gasteiger partial charge >= 0.3 is 0 Å². The van der Waals surface area contributed by atoms with Crippen LogP contribution < -0.4 is 10.0 Å². The Balaban J connectivity index is 1.52. The van der Waals surface area contributed by atoms with E-state index >= 15 is 0 Å². The summed E-state index contributed by atoms with van der Waals surface area (Å²) < 4.78 is 41.2. The number of carbonyl (C=O) groups is 1. The first kappa shape index (κ1) is 22.3. The van der Waals surface area contributed by atoms with Crippen molar-refractivity contribution in [3.8, 4) is 0 Å². The van der Waals surface area contributed by atoms with Crippen molar-refractivity contribution in [3.63, 3.8) is 0 Å². The van der Waals surface area contributed by atoms with Gasteiger partial charge in [-0.3, -0.25) is 9.52 Å². The number of sulfonamides is 1. The quantitative estimate of drug-likeness (QED) is 0.435. The minimum atomic E-state index is -3.81. The van der Waals surface area contributed by atoms with Crippen molar-refractivity contribution in [3.05, 3.63) is 88.6 Å². The van der Waals surface area contributed by atoms with Crippen LogP contribution in [0.4, 0.5) is 15.8 Å². The number of thioether (sulfide) groups is 1. The molecule has 3 rings (SSSR count). The van der Waals surface area contributed by atoms with Crippen molar-refractivity contribution in [2.75, 3.05) is 15.8 Å². The Labute approximate surface area is 187 Å². The van der Waals surface area contributed by atoms with Gasteiger partial charge < -0.3 is 5.32 Å². The molecular formula is C21H18BrFN2O3S2. The van der Waals surface area contributed by atoms with Crippen LogP contribution in [0.15, 0.2) is 82.2 Å². The van der Waals surface area contributed by atoms with Crippen molar-refractivity contribution >= 4 is 55.0 Å². The highest BCUT2D eigenvalue weighted by Crippen LogP contribution is 2.20. The average Bonchev–Trinajstić information content (AvgIpc) is 2.71.